The van der Waals surface area contributed by atoms with Crippen molar-refractivity contribution < 1.29 is 0 Å². The van der Waals surface area contributed by atoms with Crippen LogP contribution in [0.4, 0.5) is 0 Å². The second-order valence-corrected chi connectivity index (χ2v) is 8.56. The highest BCUT2D eigenvalue weighted by Gasteiger charge is 2.08. The van der Waals surface area contributed by atoms with Crippen molar-refractivity contribution in [3.8, 4) is 10.4 Å². The van der Waals surface area contributed by atoms with E-state index >= 15 is 0 Å². The Hall–Kier alpha value is -1.60. The molecule has 3 rings (SSSR count). The van der Waals surface area contributed by atoms with Gasteiger partial charge in [-0.1, -0.05) is 101 Å². The van der Waals surface area contributed by atoms with Crippen LogP contribution in [0.25, 0.3) is 21.2 Å². The molecular formula is C26H33S. The van der Waals surface area contributed by atoms with Gasteiger partial charge in [0.05, 0.1) is 0 Å². The van der Waals surface area contributed by atoms with E-state index in [9.17, 15) is 0 Å². The summed E-state index contributed by atoms with van der Waals surface area (Å²) in [6, 6.07) is 17.7. The molecule has 143 valence electrons. The minimum Gasteiger partial charge on any atom is -0.134 e. The van der Waals surface area contributed by atoms with E-state index in [-0.39, 0.29) is 0 Å². The average Bonchev–Trinajstić information content (AvgIpc) is 3.17. The molecular weight excluding hydrogens is 344 g/mol. The molecule has 0 aliphatic rings. The molecule has 0 saturated carbocycles. The molecule has 0 spiro atoms. The number of hydrogen-bond acceptors (Lipinski definition) is 1. The zero-order chi connectivity index (χ0) is 18.7. The summed E-state index contributed by atoms with van der Waals surface area (Å²) in [5.41, 5.74) is 2.83. The maximum atomic E-state index is 3.37. The SMILES string of the molecule is CCCCCCCCCCCCc1c[c]sc1-c1ccc2ccccc2c1. The van der Waals surface area contributed by atoms with Crippen molar-refractivity contribution in [1.82, 2.24) is 0 Å². The number of benzene rings is 2. The molecule has 1 heterocycles. The number of rotatable bonds is 12. The van der Waals surface area contributed by atoms with Crippen molar-refractivity contribution >= 4 is 22.1 Å². The Morgan fingerprint density at radius 3 is 2.15 bits per heavy atom. The normalized spacial score (nSPS) is 11.3. The van der Waals surface area contributed by atoms with Gasteiger partial charge in [-0.25, -0.2) is 0 Å². The van der Waals surface area contributed by atoms with Crippen LogP contribution in [-0.4, -0.2) is 0 Å². The zero-order valence-corrected chi connectivity index (χ0v) is 17.6. The van der Waals surface area contributed by atoms with Crippen molar-refractivity contribution in [2.75, 3.05) is 0 Å². The van der Waals surface area contributed by atoms with Crippen molar-refractivity contribution in [2.24, 2.45) is 0 Å². The third kappa shape index (κ3) is 6.21. The maximum Gasteiger partial charge on any atom is 0.0452 e. The first-order valence-electron chi connectivity index (χ1n) is 10.9. The minimum atomic E-state index is 1.19. The predicted octanol–water partition coefficient (Wildman–Crippen LogP) is 8.83. The minimum absolute atomic E-state index is 1.19. The van der Waals surface area contributed by atoms with E-state index in [1.165, 1.54) is 97.4 Å². The van der Waals surface area contributed by atoms with Gasteiger partial charge in [-0.05, 0) is 46.9 Å². The highest BCUT2D eigenvalue weighted by molar-refractivity contribution is 7.13. The first-order valence-corrected chi connectivity index (χ1v) is 11.7. The van der Waals surface area contributed by atoms with E-state index in [2.05, 4.69) is 60.8 Å². The fraction of sp³-hybridized carbons (Fsp3) is 0.462. The third-order valence-corrected chi connectivity index (χ3v) is 6.43. The molecule has 27 heavy (non-hydrogen) atoms. The van der Waals surface area contributed by atoms with E-state index in [1.54, 1.807) is 11.3 Å². The lowest BCUT2D eigenvalue weighted by atomic mass is 10.0. The Morgan fingerprint density at radius 1 is 0.741 bits per heavy atom. The molecule has 0 nitrogen and oxygen atoms in total. The number of thiophene rings is 1. The molecule has 0 aliphatic heterocycles. The number of unbranched alkanes of at least 4 members (excludes halogenated alkanes) is 9. The van der Waals surface area contributed by atoms with Gasteiger partial charge >= 0.3 is 0 Å². The van der Waals surface area contributed by atoms with Gasteiger partial charge in [0.25, 0.3) is 0 Å². The molecule has 0 unspecified atom stereocenters. The fourth-order valence-electron chi connectivity index (χ4n) is 3.85. The summed E-state index contributed by atoms with van der Waals surface area (Å²) in [6.07, 6.45) is 15.2. The van der Waals surface area contributed by atoms with Crippen molar-refractivity contribution in [3.63, 3.8) is 0 Å². The summed E-state index contributed by atoms with van der Waals surface area (Å²) in [4.78, 5) is 1.41. The lowest BCUT2D eigenvalue weighted by molar-refractivity contribution is 0.556. The van der Waals surface area contributed by atoms with Gasteiger partial charge < -0.3 is 0 Å². The molecule has 0 bridgehead atoms. The van der Waals surface area contributed by atoms with Gasteiger partial charge in [-0.15, -0.1) is 11.3 Å². The van der Waals surface area contributed by atoms with Crippen LogP contribution in [0.2, 0.25) is 0 Å². The summed E-state index contributed by atoms with van der Waals surface area (Å²) in [5.74, 6) is 0. The van der Waals surface area contributed by atoms with Crippen molar-refractivity contribution in [2.45, 2.75) is 77.6 Å². The highest BCUT2D eigenvalue weighted by Crippen LogP contribution is 2.32. The smallest absolute Gasteiger partial charge is 0.0452 e. The van der Waals surface area contributed by atoms with Gasteiger partial charge in [0, 0.05) is 10.3 Å². The van der Waals surface area contributed by atoms with Crippen molar-refractivity contribution in [3.05, 3.63) is 59.5 Å². The Kier molecular flexibility index (Phi) is 8.42. The lowest BCUT2D eigenvalue weighted by Gasteiger charge is -2.06. The van der Waals surface area contributed by atoms with Gasteiger partial charge in [-0.2, -0.15) is 0 Å². The van der Waals surface area contributed by atoms with Gasteiger partial charge in [0.2, 0.25) is 0 Å². The topological polar surface area (TPSA) is 0 Å². The molecule has 1 radical (unpaired) electrons. The third-order valence-electron chi connectivity index (χ3n) is 5.50. The summed E-state index contributed by atoms with van der Waals surface area (Å²) in [6.45, 7) is 2.29. The summed E-state index contributed by atoms with van der Waals surface area (Å²) < 4.78 is 0. The second kappa shape index (κ2) is 11.3. The van der Waals surface area contributed by atoms with E-state index < -0.39 is 0 Å². The molecule has 0 amide bonds. The Labute approximate surface area is 169 Å². The number of hydrogen-bond donors (Lipinski definition) is 0. The molecule has 0 saturated heterocycles. The largest absolute Gasteiger partial charge is 0.134 e. The van der Waals surface area contributed by atoms with Crippen LogP contribution >= 0.6 is 11.3 Å². The second-order valence-electron chi connectivity index (χ2n) is 7.71. The van der Waals surface area contributed by atoms with Crippen LogP contribution in [0.3, 0.4) is 0 Å². The van der Waals surface area contributed by atoms with E-state index in [0.29, 0.717) is 0 Å². The van der Waals surface area contributed by atoms with Gasteiger partial charge in [0.15, 0.2) is 0 Å². The first kappa shape index (κ1) is 20.1. The standard InChI is InChI=1S/C26H33S/c1-2-3-4-5-6-7-8-9-10-11-15-23-19-20-27-26(23)25-18-17-22-14-12-13-16-24(22)21-25/h12-14,16-19,21H,2-11,15H2,1H3. The molecule has 0 aliphatic carbocycles. The number of aryl methyl sites for hydroxylation is 1. The van der Waals surface area contributed by atoms with Gasteiger partial charge in [0.1, 0.15) is 0 Å². The van der Waals surface area contributed by atoms with Crippen LogP contribution in [0.15, 0.2) is 48.5 Å². The lowest BCUT2D eigenvalue weighted by Crippen LogP contribution is -1.87. The Morgan fingerprint density at radius 2 is 1.41 bits per heavy atom. The Bertz CT molecular complexity index is 799. The number of fused-ring (bicyclic) bond motifs is 1. The highest BCUT2D eigenvalue weighted by atomic mass is 32.1. The summed E-state index contributed by atoms with van der Waals surface area (Å²) in [7, 11) is 0. The monoisotopic (exact) mass is 377 g/mol. The summed E-state index contributed by atoms with van der Waals surface area (Å²) in [5, 5.41) is 6.02. The molecule has 0 N–H and O–H groups in total. The maximum absolute atomic E-state index is 3.37. The quantitative estimate of drug-likeness (QED) is 0.276. The Balaban J connectivity index is 1.42. The molecule has 3 aromatic rings. The zero-order valence-electron chi connectivity index (χ0n) is 16.8. The molecule has 2 aromatic carbocycles. The van der Waals surface area contributed by atoms with Crippen LogP contribution < -0.4 is 0 Å². The van der Waals surface area contributed by atoms with Crippen LogP contribution in [0.5, 0.6) is 0 Å². The molecule has 1 heteroatoms. The van der Waals surface area contributed by atoms with Crippen LogP contribution in [0, 0.1) is 5.38 Å². The van der Waals surface area contributed by atoms with Crippen LogP contribution in [-0.2, 0) is 6.42 Å². The fourth-order valence-corrected chi connectivity index (χ4v) is 4.71. The van der Waals surface area contributed by atoms with E-state index in [1.807, 2.05) is 0 Å². The molecule has 0 fully saturated rings. The summed E-state index contributed by atoms with van der Waals surface area (Å²) >= 11 is 1.77. The van der Waals surface area contributed by atoms with E-state index in [0.717, 1.165) is 0 Å². The predicted molar refractivity (Wildman–Crippen MR) is 122 cm³/mol. The van der Waals surface area contributed by atoms with Crippen LogP contribution in [0.1, 0.15) is 76.7 Å². The van der Waals surface area contributed by atoms with Gasteiger partial charge in [-0.3, -0.25) is 0 Å². The molecule has 1 aromatic heterocycles. The molecule has 0 atom stereocenters. The van der Waals surface area contributed by atoms with Crippen molar-refractivity contribution in [1.29, 1.82) is 0 Å². The van der Waals surface area contributed by atoms with E-state index in [4.69, 9.17) is 0 Å². The average molecular weight is 378 g/mol. The first-order chi connectivity index (χ1) is 13.4.